The lowest BCUT2D eigenvalue weighted by atomic mass is 10.0. The van der Waals surface area contributed by atoms with E-state index in [1.807, 2.05) is 0 Å². The van der Waals surface area contributed by atoms with E-state index in [4.69, 9.17) is 25.5 Å². The monoisotopic (exact) mass is 198 g/mol. The number of aliphatic hydroxyl groups is 4. The molecular formula is C6H11FO6. The molecule has 7 heteroatoms. The molecule has 0 saturated heterocycles. The molecule has 13 heavy (non-hydrogen) atoms. The number of hydrogen-bond acceptors (Lipinski definition) is 5. The fourth-order valence-corrected chi connectivity index (χ4v) is 0.655. The van der Waals surface area contributed by atoms with E-state index < -0.39 is 37.1 Å². The van der Waals surface area contributed by atoms with Crippen molar-refractivity contribution in [3.8, 4) is 0 Å². The minimum Gasteiger partial charge on any atom is -0.479 e. The Kier molecular flexibility index (Phi) is 4.78. The Labute approximate surface area is 72.9 Å². The van der Waals surface area contributed by atoms with E-state index in [2.05, 4.69) is 0 Å². The van der Waals surface area contributed by atoms with Crippen LogP contribution in [0.25, 0.3) is 0 Å². The van der Waals surface area contributed by atoms with Gasteiger partial charge in [-0.1, -0.05) is 0 Å². The van der Waals surface area contributed by atoms with E-state index in [0.717, 1.165) is 0 Å². The van der Waals surface area contributed by atoms with Gasteiger partial charge in [0.05, 0.1) is 6.61 Å². The highest BCUT2D eigenvalue weighted by atomic mass is 19.1. The van der Waals surface area contributed by atoms with Crippen molar-refractivity contribution in [1.29, 1.82) is 0 Å². The molecule has 0 spiro atoms. The SMILES string of the molecule is O=C(O)C(F)C(O)C(O)C(O)CO. The molecule has 0 saturated carbocycles. The Bertz CT molecular complexity index is 175. The van der Waals surface area contributed by atoms with Gasteiger partial charge in [0.25, 0.3) is 0 Å². The predicted molar refractivity (Wildman–Crippen MR) is 37.6 cm³/mol. The standard InChI is InChI=1S/C6H11FO6/c7-3(6(12)13)5(11)4(10)2(9)1-8/h2-5,8-11H,1H2,(H,12,13). The Morgan fingerprint density at radius 2 is 1.69 bits per heavy atom. The number of hydrogen-bond donors (Lipinski definition) is 5. The molecule has 0 rings (SSSR count). The Hall–Kier alpha value is -0.760. The number of carboxylic acid groups (broad SMARTS) is 1. The van der Waals surface area contributed by atoms with Gasteiger partial charge in [-0.2, -0.15) is 0 Å². The van der Waals surface area contributed by atoms with E-state index >= 15 is 0 Å². The molecule has 0 heterocycles. The Balaban J connectivity index is 4.24. The molecular weight excluding hydrogens is 187 g/mol. The van der Waals surface area contributed by atoms with Crippen LogP contribution >= 0.6 is 0 Å². The lowest BCUT2D eigenvalue weighted by Gasteiger charge is -2.21. The van der Waals surface area contributed by atoms with Crippen molar-refractivity contribution in [2.24, 2.45) is 0 Å². The summed E-state index contributed by atoms with van der Waals surface area (Å²) in [5.41, 5.74) is 0. The van der Waals surface area contributed by atoms with Crippen LogP contribution in [-0.2, 0) is 4.79 Å². The number of aliphatic carboxylic acids is 1. The first kappa shape index (κ1) is 12.2. The third-order valence-electron chi connectivity index (χ3n) is 1.47. The van der Waals surface area contributed by atoms with Crippen molar-refractivity contribution in [1.82, 2.24) is 0 Å². The molecule has 4 unspecified atom stereocenters. The van der Waals surface area contributed by atoms with Crippen LogP contribution in [0.4, 0.5) is 4.39 Å². The van der Waals surface area contributed by atoms with Gasteiger partial charge in [-0.25, -0.2) is 9.18 Å². The van der Waals surface area contributed by atoms with E-state index in [0.29, 0.717) is 0 Å². The maximum absolute atomic E-state index is 12.5. The summed E-state index contributed by atoms with van der Waals surface area (Å²) in [6.45, 7) is -0.898. The van der Waals surface area contributed by atoms with Crippen LogP contribution in [0.15, 0.2) is 0 Å². The molecule has 0 fully saturated rings. The summed E-state index contributed by atoms with van der Waals surface area (Å²) < 4.78 is 12.5. The smallest absolute Gasteiger partial charge is 0.341 e. The summed E-state index contributed by atoms with van der Waals surface area (Å²) in [6.07, 6.45) is -8.76. The molecule has 0 aliphatic heterocycles. The molecule has 0 bridgehead atoms. The quantitative estimate of drug-likeness (QED) is 0.333. The first-order valence-electron chi connectivity index (χ1n) is 3.43. The molecule has 4 atom stereocenters. The molecule has 0 aromatic heterocycles. The molecule has 0 aromatic rings. The van der Waals surface area contributed by atoms with Crippen molar-refractivity contribution < 1.29 is 34.7 Å². The second kappa shape index (κ2) is 5.07. The first-order valence-corrected chi connectivity index (χ1v) is 3.43. The van der Waals surface area contributed by atoms with Crippen LogP contribution in [0.1, 0.15) is 0 Å². The van der Waals surface area contributed by atoms with Crippen molar-refractivity contribution in [2.45, 2.75) is 24.5 Å². The van der Waals surface area contributed by atoms with Crippen molar-refractivity contribution in [3.05, 3.63) is 0 Å². The van der Waals surface area contributed by atoms with Crippen LogP contribution < -0.4 is 0 Å². The van der Waals surface area contributed by atoms with E-state index in [1.165, 1.54) is 0 Å². The number of halogens is 1. The van der Waals surface area contributed by atoms with Crippen molar-refractivity contribution in [2.75, 3.05) is 6.61 Å². The second-order valence-corrected chi connectivity index (χ2v) is 2.47. The predicted octanol–water partition coefficient (Wildman–Crippen LogP) is -2.52. The molecule has 0 aromatic carbocycles. The van der Waals surface area contributed by atoms with Gasteiger partial charge in [-0.3, -0.25) is 0 Å². The van der Waals surface area contributed by atoms with Gasteiger partial charge in [-0.15, -0.1) is 0 Å². The fraction of sp³-hybridized carbons (Fsp3) is 0.833. The number of carboxylic acids is 1. The third-order valence-corrected chi connectivity index (χ3v) is 1.47. The minimum atomic E-state index is -2.70. The molecule has 78 valence electrons. The van der Waals surface area contributed by atoms with Crippen LogP contribution in [-0.4, -0.2) is 62.6 Å². The van der Waals surface area contributed by atoms with Gasteiger partial charge in [0.15, 0.2) is 0 Å². The molecule has 0 aliphatic rings. The highest BCUT2D eigenvalue weighted by Gasteiger charge is 2.35. The highest BCUT2D eigenvalue weighted by molar-refractivity contribution is 5.72. The van der Waals surface area contributed by atoms with Gasteiger partial charge in [0.1, 0.15) is 18.3 Å². The van der Waals surface area contributed by atoms with Crippen LogP contribution in [0, 0.1) is 0 Å². The van der Waals surface area contributed by atoms with Crippen LogP contribution in [0.5, 0.6) is 0 Å². The molecule has 0 aliphatic carbocycles. The van der Waals surface area contributed by atoms with Crippen LogP contribution in [0.3, 0.4) is 0 Å². The van der Waals surface area contributed by atoms with E-state index in [9.17, 15) is 9.18 Å². The van der Waals surface area contributed by atoms with Gasteiger partial charge in [-0.05, 0) is 0 Å². The summed E-state index contributed by atoms with van der Waals surface area (Å²) in [5.74, 6) is -1.95. The van der Waals surface area contributed by atoms with Gasteiger partial charge in [0.2, 0.25) is 6.17 Å². The zero-order chi connectivity index (χ0) is 10.6. The van der Waals surface area contributed by atoms with Crippen LogP contribution in [0.2, 0.25) is 0 Å². The maximum Gasteiger partial charge on any atom is 0.341 e. The van der Waals surface area contributed by atoms with Crippen molar-refractivity contribution >= 4 is 5.97 Å². The average molecular weight is 198 g/mol. The third kappa shape index (κ3) is 3.23. The van der Waals surface area contributed by atoms with Gasteiger partial charge >= 0.3 is 5.97 Å². The number of rotatable bonds is 5. The maximum atomic E-state index is 12.5. The lowest BCUT2D eigenvalue weighted by molar-refractivity contribution is -0.155. The summed E-state index contributed by atoms with van der Waals surface area (Å²) in [6, 6.07) is 0. The fourth-order valence-electron chi connectivity index (χ4n) is 0.655. The zero-order valence-electron chi connectivity index (χ0n) is 6.54. The van der Waals surface area contributed by atoms with Gasteiger partial charge < -0.3 is 25.5 Å². The normalized spacial score (nSPS) is 20.4. The summed E-state index contributed by atoms with van der Waals surface area (Å²) >= 11 is 0. The number of carbonyl (C=O) groups is 1. The molecule has 0 radical (unpaired) electrons. The Morgan fingerprint density at radius 1 is 1.23 bits per heavy atom. The molecule has 5 N–H and O–H groups in total. The first-order chi connectivity index (χ1) is 5.91. The lowest BCUT2D eigenvalue weighted by Crippen LogP contribution is -2.46. The van der Waals surface area contributed by atoms with Gasteiger partial charge in [0, 0.05) is 0 Å². The zero-order valence-corrected chi connectivity index (χ0v) is 6.54. The van der Waals surface area contributed by atoms with E-state index in [-0.39, 0.29) is 0 Å². The van der Waals surface area contributed by atoms with Crippen molar-refractivity contribution in [3.63, 3.8) is 0 Å². The second-order valence-electron chi connectivity index (χ2n) is 2.47. The molecule has 6 nitrogen and oxygen atoms in total. The summed E-state index contributed by atoms with van der Waals surface area (Å²) in [7, 11) is 0. The highest BCUT2D eigenvalue weighted by Crippen LogP contribution is 2.08. The summed E-state index contributed by atoms with van der Waals surface area (Å²) in [5, 5.41) is 42.7. The number of aliphatic hydroxyl groups excluding tert-OH is 4. The largest absolute Gasteiger partial charge is 0.479 e. The average Bonchev–Trinajstić information content (AvgIpc) is 2.12. The molecule has 0 amide bonds. The number of alkyl halides is 1. The van der Waals surface area contributed by atoms with E-state index in [1.54, 1.807) is 0 Å². The summed E-state index contributed by atoms with van der Waals surface area (Å²) in [4.78, 5) is 9.97. The Morgan fingerprint density at radius 3 is 2.00 bits per heavy atom. The minimum absolute atomic E-state index is 0.898. The topological polar surface area (TPSA) is 118 Å².